The van der Waals surface area contributed by atoms with Crippen LogP contribution < -0.4 is 21.7 Å². The third-order valence-electron chi connectivity index (χ3n) is 6.19. The number of fused-ring (bicyclic) bond motifs is 1. The molecule has 1 fully saturated rings. The molecule has 0 bridgehead atoms. The van der Waals surface area contributed by atoms with Gasteiger partial charge < -0.3 is 26.3 Å². The summed E-state index contributed by atoms with van der Waals surface area (Å²) in [5.74, 6) is -3.84. The molecule has 33 heavy (non-hydrogen) atoms. The van der Waals surface area contributed by atoms with Crippen LogP contribution in [-0.2, 0) is 17.8 Å². The van der Waals surface area contributed by atoms with E-state index in [9.17, 15) is 23.2 Å². The highest BCUT2D eigenvalue weighted by Gasteiger charge is 2.48. The second kappa shape index (κ2) is 8.34. The number of carbonyl (C=O) groups is 3. The predicted octanol–water partition coefficient (Wildman–Crippen LogP) is 2.12. The van der Waals surface area contributed by atoms with Crippen molar-refractivity contribution in [2.75, 3.05) is 12.4 Å². The number of carbonyl (C=O) groups excluding carboxylic acids is 3. The molecule has 2 aliphatic rings. The Kier molecular flexibility index (Phi) is 5.69. The lowest BCUT2D eigenvalue weighted by atomic mass is 10.0. The van der Waals surface area contributed by atoms with Crippen molar-refractivity contribution >= 4 is 23.3 Å². The van der Waals surface area contributed by atoms with Gasteiger partial charge in [0.25, 0.3) is 17.6 Å². The zero-order valence-corrected chi connectivity index (χ0v) is 18.4. The van der Waals surface area contributed by atoms with E-state index < -0.39 is 34.8 Å². The number of anilines is 1. The highest BCUT2D eigenvalue weighted by atomic mass is 19.1. The quantitative estimate of drug-likeness (QED) is 0.375. The Morgan fingerprint density at radius 1 is 1.21 bits per heavy atom. The normalized spacial score (nSPS) is 16.2. The van der Waals surface area contributed by atoms with Crippen LogP contribution in [0.2, 0.25) is 0 Å². The average molecular weight is 457 g/mol. The minimum atomic E-state index is -0.910. The van der Waals surface area contributed by atoms with E-state index in [1.165, 1.54) is 0 Å². The summed E-state index contributed by atoms with van der Waals surface area (Å²) in [6.07, 6.45) is 4.06. The van der Waals surface area contributed by atoms with Gasteiger partial charge in [0.2, 0.25) is 0 Å². The predicted molar refractivity (Wildman–Crippen MR) is 118 cm³/mol. The zero-order valence-electron chi connectivity index (χ0n) is 18.4. The van der Waals surface area contributed by atoms with Crippen LogP contribution in [-0.4, -0.2) is 34.8 Å². The van der Waals surface area contributed by atoms with Crippen LogP contribution in [0.25, 0.3) is 0 Å². The van der Waals surface area contributed by atoms with Gasteiger partial charge in [0.15, 0.2) is 0 Å². The highest BCUT2D eigenvalue weighted by Crippen LogP contribution is 2.40. The van der Waals surface area contributed by atoms with Gasteiger partial charge in [-0.05, 0) is 50.3 Å². The largest absolute Gasteiger partial charge is 0.399 e. The van der Waals surface area contributed by atoms with Gasteiger partial charge in [-0.25, -0.2) is 8.78 Å². The Bertz CT molecular complexity index is 1200. The summed E-state index contributed by atoms with van der Waals surface area (Å²) in [4.78, 5) is 39.0. The number of benzene rings is 1. The van der Waals surface area contributed by atoms with Crippen LogP contribution in [0.1, 0.15) is 51.4 Å². The molecule has 5 N–H and O–H groups in total. The molecule has 10 heteroatoms. The third kappa shape index (κ3) is 3.96. The molecule has 1 aromatic heterocycles. The van der Waals surface area contributed by atoms with Crippen LogP contribution in [0, 0.1) is 18.6 Å². The number of ketones is 1. The molecule has 8 nitrogen and oxygen atoms in total. The molecule has 2 aromatic rings. The van der Waals surface area contributed by atoms with E-state index in [2.05, 4.69) is 16.0 Å². The fourth-order valence-corrected chi connectivity index (χ4v) is 4.38. The summed E-state index contributed by atoms with van der Waals surface area (Å²) < 4.78 is 28.9. The fourth-order valence-electron chi connectivity index (χ4n) is 4.38. The SMILES string of the molecule is CN/C=C(\N)C1(NC(=O)C(=O)c2c(C)c(C(=O)Nc3ccc(F)cc3F)n3c2CCC3)CC1. The van der Waals surface area contributed by atoms with E-state index in [1.54, 1.807) is 24.7 Å². The summed E-state index contributed by atoms with van der Waals surface area (Å²) in [6.45, 7) is 2.07. The van der Waals surface area contributed by atoms with E-state index in [0.717, 1.165) is 12.1 Å². The number of hydrogen-bond acceptors (Lipinski definition) is 5. The van der Waals surface area contributed by atoms with Crippen molar-refractivity contribution in [1.29, 1.82) is 0 Å². The zero-order chi connectivity index (χ0) is 23.9. The van der Waals surface area contributed by atoms with E-state index >= 15 is 0 Å². The van der Waals surface area contributed by atoms with Crippen molar-refractivity contribution in [3.63, 3.8) is 0 Å². The molecule has 1 saturated carbocycles. The Morgan fingerprint density at radius 3 is 2.58 bits per heavy atom. The number of rotatable bonds is 7. The first-order valence-electron chi connectivity index (χ1n) is 10.7. The summed E-state index contributed by atoms with van der Waals surface area (Å²) in [5.41, 5.74) is 6.85. The lowest BCUT2D eigenvalue weighted by Crippen LogP contribution is -2.44. The summed E-state index contributed by atoms with van der Waals surface area (Å²) in [5, 5.41) is 8.00. The van der Waals surface area contributed by atoms with Gasteiger partial charge in [0, 0.05) is 31.6 Å². The second-order valence-electron chi connectivity index (χ2n) is 8.38. The highest BCUT2D eigenvalue weighted by molar-refractivity contribution is 6.44. The number of hydrogen-bond donors (Lipinski definition) is 4. The number of halogens is 2. The maximum absolute atomic E-state index is 14.0. The average Bonchev–Trinajstić information content (AvgIpc) is 3.30. The first-order chi connectivity index (χ1) is 15.7. The number of nitrogens with two attached hydrogens (primary N) is 1. The number of nitrogens with one attached hydrogen (secondary N) is 3. The molecule has 0 atom stereocenters. The van der Waals surface area contributed by atoms with Crippen molar-refractivity contribution in [3.8, 4) is 0 Å². The molecule has 1 aliphatic heterocycles. The van der Waals surface area contributed by atoms with Crippen LogP contribution in [0.4, 0.5) is 14.5 Å². The molecule has 1 aromatic carbocycles. The first kappa shape index (κ1) is 22.5. The van der Waals surface area contributed by atoms with Gasteiger partial charge in [0.1, 0.15) is 17.3 Å². The molecule has 0 saturated heterocycles. The fraction of sp³-hybridized carbons (Fsp3) is 0.348. The third-order valence-corrected chi connectivity index (χ3v) is 6.19. The van der Waals surface area contributed by atoms with Crippen LogP contribution in [0.15, 0.2) is 30.1 Å². The molecule has 0 unspecified atom stereocenters. The molecule has 4 rings (SSSR count). The molecular formula is C23H25F2N5O3. The number of nitrogens with zero attached hydrogens (tertiary/aromatic N) is 1. The van der Waals surface area contributed by atoms with Crippen molar-refractivity contribution in [1.82, 2.24) is 15.2 Å². The Labute approximate surface area is 189 Å². The van der Waals surface area contributed by atoms with E-state index in [4.69, 9.17) is 5.73 Å². The topological polar surface area (TPSA) is 118 Å². The van der Waals surface area contributed by atoms with Gasteiger partial charge in [0.05, 0.1) is 22.5 Å². The summed E-state index contributed by atoms with van der Waals surface area (Å²) in [7, 11) is 1.69. The smallest absolute Gasteiger partial charge is 0.293 e. The molecule has 1 aliphatic carbocycles. The summed E-state index contributed by atoms with van der Waals surface area (Å²) in [6, 6.07) is 2.84. The number of Topliss-reactive ketones (excluding diaryl/α,β-unsaturated/α-hetero) is 1. The van der Waals surface area contributed by atoms with E-state index in [-0.39, 0.29) is 16.9 Å². The van der Waals surface area contributed by atoms with Crippen LogP contribution in [0.3, 0.4) is 0 Å². The van der Waals surface area contributed by atoms with Crippen molar-refractivity contribution in [2.24, 2.45) is 5.73 Å². The van der Waals surface area contributed by atoms with Crippen LogP contribution in [0.5, 0.6) is 0 Å². The Morgan fingerprint density at radius 2 is 1.94 bits per heavy atom. The molecule has 0 spiro atoms. The van der Waals surface area contributed by atoms with Gasteiger partial charge in [-0.3, -0.25) is 14.4 Å². The Hall–Kier alpha value is -3.69. The lowest BCUT2D eigenvalue weighted by Gasteiger charge is -2.17. The number of aromatic nitrogens is 1. The molecular weight excluding hydrogens is 432 g/mol. The maximum atomic E-state index is 14.0. The molecule has 174 valence electrons. The minimum Gasteiger partial charge on any atom is -0.399 e. The standard InChI is InChI=1S/C23H25F2N5O3/c1-12-18(20(31)22(33)29-23(7-8-23)17(26)11-27-2)16-4-3-9-30(16)19(12)21(32)28-15-6-5-13(24)10-14(15)25/h5-6,10-11,27H,3-4,7-9,26H2,1-2H3,(H,28,32)(H,29,33)/b17-11-. The number of amides is 2. The molecule has 0 radical (unpaired) electrons. The van der Waals surface area contributed by atoms with E-state index in [1.807, 2.05) is 0 Å². The Balaban J connectivity index is 1.62. The molecule has 2 amide bonds. The van der Waals surface area contributed by atoms with Gasteiger partial charge >= 0.3 is 0 Å². The van der Waals surface area contributed by atoms with Crippen LogP contribution >= 0.6 is 0 Å². The second-order valence-corrected chi connectivity index (χ2v) is 8.38. The van der Waals surface area contributed by atoms with Gasteiger partial charge in [-0.1, -0.05) is 0 Å². The molecule has 2 heterocycles. The lowest BCUT2D eigenvalue weighted by molar-refractivity contribution is -0.117. The van der Waals surface area contributed by atoms with Crippen molar-refractivity contribution in [2.45, 2.75) is 44.7 Å². The maximum Gasteiger partial charge on any atom is 0.293 e. The van der Waals surface area contributed by atoms with Gasteiger partial charge in [-0.15, -0.1) is 0 Å². The van der Waals surface area contributed by atoms with Gasteiger partial charge in [-0.2, -0.15) is 0 Å². The van der Waals surface area contributed by atoms with Crippen molar-refractivity contribution < 1.29 is 23.2 Å². The minimum absolute atomic E-state index is 0.178. The van der Waals surface area contributed by atoms with E-state index in [0.29, 0.717) is 55.2 Å². The first-order valence-corrected chi connectivity index (χ1v) is 10.7. The van der Waals surface area contributed by atoms with Crippen molar-refractivity contribution in [3.05, 3.63) is 64.2 Å². The summed E-state index contributed by atoms with van der Waals surface area (Å²) >= 11 is 0. The monoisotopic (exact) mass is 457 g/mol.